The van der Waals surface area contributed by atoms with Gasteiger partial charge in [0.15, 0.2) is 0 Å². The maximum absolute atomic E-state index is 3.27. The molecule has 1 unspecified atom stereocenters. The second-order valence-corrected chi connectivity index (χ2v) is 3.05. The molecule has 0 N–H and O–H groups in total. The molecule has 0 nitrogen and oxygen atoms in total. The molecule has 0 saturated carbocycles. The van der Waals surface area contributed by atoms with Crippen LogP contribution in [0.5, 0.6) is 0 Å². The fraction of sp³-hybridized carbons (Fsp3) is 0.200. The number of hydrogen-bond acceptors (Lipinski definition) is 0. The molecule has 0 bridgehead atoms. The van der Waals surface area contributed by atoms with E-state index in [-0.39, 0.29) is 0 Å². The molecule has 0 radical (unpaired) electrons. The van der Waals surface area contributed by atoms with Crippen molar-refractivity contribution in [2.24, 2.45) is 0 Å². The number of benzene rings is 1. The molecule has 1 aromatic rings. The van der Waals surface area contributed by atoms with Gasteiger partial charge in [0.2, 0.25) is 0 Å². The van der Waals surface area contributed by atoms with Crippen molar-refractivity contribution in [3.8, 4) is 0 Å². The molecule has 0 spiro atoms. The third kappa shape index (κ3) is 2.51. The molecule has 1 rings (SSSR count). The first-order valence-electron chi connectivity index (χ1n) is 3.66. The number of hydrogen-bond donors (Lipinski definition) is 0. The summed E-state index contributed by atoms with van der Waals surface area (Å²) >= 11 is 3.27. The summed E-state index contributed by atoms with van der Waals surface area (Å²) in [5.41, 5.74) is 1.35. The van der Waals surface area contributed by atoms with Gasteiger partial charge >= 0.3 is 0 Å². The van der Waals surface area contributed by atoms with Gasteiger partial charge in [-0.15, -0.1) is 0 Å². The van der Waals surface area contributed by atoms with Crippen LogP contribution >= 0.6 is 15.9 Å². The molecule has 11 heavy (non-hydrogen) atoms. The zero-order valence-corrected chi connectivity index (χ0v) is 8.08. The van der Waals surface area contributed by atoms with Crippen LogP contribution in [0.4, 0.5) is 0 Å². The first-order valence-corrected chi connectivity index (χ1v) is 4.58. The molecule has 0 aliphatic carbocycles. The molecule has 0 aliphatic heterocycles. The number of allylic oxidation sites excluding steroid dienone is 1. The van der Waals surface area contributed by atoms with Gasteiger partial charge < -0.3 is 0 Å². The molecule has 0 fully saturated rings. The molecule has 0 heterocycles. The highest BCUT2D eigenvalue weighted by Gasteiger charge is 1.97. The largest absolute Gasteiger partial charge is 0.0704 e. The van der Waals surface area contributed by atoms with E-state index in [0.717, 1.165) is 0 Å². The summed E-state index contributed by atoms with van der Waals surface area (Å²) in [5.74, 6) is 0.496. The quantitative estimate of drug-likeness (QED) is 0.699. The lowest BCUT2D eigenvalue weighted by Gasteiger charge is -2.04. The Balaban J connectivity index is 2.76. The van der Waals surface area contributed by atoms with Crippen molar-refractivity contribution >= 4 is 15.9 Å². The first kappa shape index (κ1) is 8.54. The maximum atomic E-state index is 3.27. The Morgan fingerprint density at radius 1 is 1.27 bits per heavy atom. The molecular formula is C10H11Br. The molecule has 0 aliphatic rings. The van der Waals surface area contributed by atoms with Crippen molar-refractivity contribution in [1.29, 1.82) is 0 Å². The Morgan fingerprint density at radius 3 is 2.45 bits per heavy atom. The fourth-order valence-electron chi connectivity index (χ4n) is 0.977. The minimum absolute atomic E-state index is 0.496. The van der Waals surface area contributed by atoms with Gasteiger partial charge in [-0.2, -0.15) is 0 Å². The topological polar surface area (TPSA) is 0 Å². The number of rotatable bonds is 2. The minimum Gasteiger partial charge on any atom is -0.0704 e. The Kier molecular flexibility index (Phi) is 3.37. The average molecular weight is 211 g/mol. The van der Waals surface area contributed by atoms with Crippen LogP contribution in [-0.2, 0) is 0 Å². The van der Waals surface area contributed by atoms with E-state index in [4.69, 9.17) is 0 Å². The van der Waals surface area contributed by atoms with Gasteiger partial charge in [-0.25, -0.2) is 0 Å². The zero-order chi connectivity index (χ0) is 8.10. The minimum atomic E-state index is 0.496. The van der Waals surface area contributed by atoms with Gasteiger partial charge in [0.05, 0.1) is 0 Å². The molecule has 0 amide bonds. The highest BCUT2D eigenvalue weighted by molar-refractivity contribution is 9.11. The highest BCUT2D eigenvalue weighted by atomic mass is 79.9. The van der Waals surface area contributed by atoms with E-state index >= 15 is 0 Å². The maximum Gasteiger partial charge on any atom is -0.000220 e. The SMILES string of the molecule is CC(C=CBr)c1ccccc1. The van der Waals surface area contributed by atoms with E-state index in [1.165, 1.54) is 5.56 Å². The lowest BCUT2D eigenvalue weighted by molar-refractivity contribution is 0.970. The van der Waals surface area contributed by atoms with E-state index in [1.807, 2.05) is 11.1 Å². The average Bonchev–Trinajstić information content (AvgIpc) is 2.07. The van der Waals surface area contributed by atoms with E-state index in [1.54, 1.807) is 0 Å². The number of halogens is 1. The van der Waals surface area contributed by atoms with E-state index < -0.39 is 0 Å². The van der Waals surface area contributed by atoms with Crippen molar-refractivity contribution in [1.82, 2.24) is 0 Å². The standard InChI is InChI=1S/C10H11Br/c1-9(7-8-11)10-5-3-2-4-6-10/h2-9H,1H3. The predicted octanol–water partition coefficient (Wildman–Crippen LogP) is 3.70. The summed E-state index contributed by atoms with van der Waals surface area (Å²) in [5, 5.41) is 0. The van der Waals surface area contributed by atoms with Crippen molar-refractivity contribution < 1.29 is 0 Å². The van der Waals surface area contributed by atoms with Crippen molar-refractivity contribution in [2.75, 3.05) is 0 Å². The van der Waals surface area contributed by atoms with Crippen molar-refractivity contribution in [3.63, 3.8) is 0 Å². The molecule has 0 aromatic heterocycles. The molecular weight excluding hydrogens is 200 g/mol. The normalized spacial score (nSPS) is 13.6. The van der Waals surface area contributed by atoms with Gasteiger partial charge in [0.1, 0.15) is 0 Å². The van der Waals surface area contributed by atoms with E-state index in [9.17, 15) is 0 Å². The van der Waals surface area contributed by atoms with E-state index in [2.05, 4.69) is 53.2 Å². The summed E-state index contributed by atoms with van der Waals surface area (Å²) in [7, 11) is 0. The Hall–Kier alpha value is -0.560. The molecule has 0 saturated heterocycles. The smallest absolute Gasteiger partial charge is 0.000220 e. The zero-order valence-electron chi connectivity index (χ0n) is 6.50. The van der Waals surface area contributed by atoms with Gasteiger partial charge in [0.25, 0.3) is 0 Å². The lowest BCUT2D eigenvalue weighted by Crippen LogP contribution is -1.86. The Bertz CT molecular complexity index is 226. The Morgan fingerprint density at radius 2 is 1.91 bits per heavy atom. The molecule has 1 atom stereocenters. The van der Waals surface area contributed by atoms with Crippen molar-refractivity contribution in [3.05, 3.63) is 47.0 Å². The third-order valence-electron chi connectivity index (χ3n) is 1.69. The molecule has 58 valence electrons. The van der Waals surface area contributed by atoms with E-state index in [0.29, 0.717) is 5.92 Å². The van der Waals surface area contributed by atoms with Crippen LogP contribution in [0.25, 0.3) is 0 Å². The summed E-state index contributed by atoms with van der Waals surface area (Å²) in [6.07, 6.45) is 2.12. The predicted molar refractivity (Wildman–Crippen MR) is 52.9 cm³/mol. The summed E-state index contributed by atoms with van der Waals surface area (Å²) < 4.78 is 0. The van der Waals surface area contributed by atoms with Gasteiger partial charge in [-0.3, -0.25) is 0 Å². The van der Waals surface area contributed by atoms with Gasteiger partial charge in [-0.1, -0.05) is 59.3 Å². The van der Waals surface area contributed by atoms with Gasteiger partial charge in [0, 0.05) is 0 Å². The first-order chi connectivity index (χ1) is 5.34. The van der Waals surface area contributed by atoms with Crippen LogP contribution < -0.4 is 0 Å². The summed E-state index contributed by atoms with van der Waals surface area (Å²) in [6, 6.07) is 10.4. The van der Waals surface area contributed by atoms with Gasteiger partial charge in [-0.05, 0) is 16.5 Å². The van der Waals surface area contributed by atoms with Crippen LogP contribution in [0.2, 0.25) is 0 Å². The van der Waals surface area contributed by atoms with Crippen LogP contribution in [0.1, 0.15) is 18.4 Å². The summed E-state index contributed by atoms with van der Waals surface area (Å²) in [4.78, 5) is 1.91. The van der Waals surface area contributed by atoms with Crippen LogP contribution in [0, 0.1) is 0 Å². The second-order valence-electron chi connectivity index (χ2n) is 2.52. The van der Waals surface area contributed by atoms with Crippen LogP contribution in [-0.4, -0.2) is 0 Å². The second kappa shape index (κ2) is 4.35. The Labute approximate surface area is 76.1 Å². The fourth-order valence-corrected chi connectivity index (χ4v) is 1.43. The molecule has 1 aromatic carbocycles. The van der Waals surface area contributed by atoms with Crippen LogP contribution in [0.15, 0.2) is 41.4 Å². The van der Waals surface area contributed by atoms with Crippen molar-refractivity contribution in [2.45, 2.75) is 12.8 Å². The van der Waals surface area contributed by atoms with Crippen LogP contribution in [0.3, 0.4) is 0 Å². The monoisotopic (exact) mass is 210 g/mol. The lowest BCUT2D eigenvalue weighted by atomic mass is 10.0. The summed E-state index contributed by atoms with van der Waals surface area (Å²) in [6.45, 7) is 2.17. The third-order valence-corrected chi connectivity index (χ3v) is 1.99. The molecule has 1 heteroatoms. The highest BCUT2D eigenvalue weighted by Crippen LogP contribution is 2.15.